The molecule has 0 spiro atoms. The van der Waals surface area contributed by atoms with E-state index in [-0.39, 0.29) is 11.9 Å². The fourth-order valence-corrected chi connectivity index (χ4v) is 4.42. The minimum atomic E-state index is -0.455. The number of amides is 2. The second kappa shape index (κ2) is 8.67. The second-order valence-electron chi connectivity index (χ2n) is 7.84. The molecule has 1 aliphatic heterocycles. The Balaban J connectivity index is 1.69. The van der Waals surface area contributed by atoms with Crippen LogP contribution in [0.15, 0.2) is 24.3 Å². The lowest BCUT2D eigenvalue weighted by molar-refractivity contribution is -0.147. The second-order valence-corrected chi connectivity index (χ2v) is 7.84. The summed E-state index contributed by atoms with van der Waals surface area (Å²) in [5.74, 6) is -0.0692. The predicted octanol–water partition coefficient (Wildman–Crippen LogP) is 2.27. The molecule has 1 aromatic carbocycles. The zero-order valence-corrected chi connectivity index (χ0v) is 16.0. The van der Waals surface area contributed by atoms with Gasteiger partial charge in [0.2, 0.25) is 0 Å². The number of fused-ring (bicyclic) bond motifs is 1. The number of aryl methyl sites for hydroxylation is 1. The van der Waals surface area contributed by atoms with Gasteiger partial charge in [-0.25, -0.2) is 0 Å². The number of hydrogen-bond acceptors (Lipinski definition) is 3. The molecule has 2 N–H and O–H groups in total. The van der Waals surface area contributed by atoms with E-state index in [2.05, 4.69) is 35.8 Å². The van der Waals surface area contributed by atoms with Gasteiger partial charge >= 0.3 is 11.8 Å². The highest BCUT2D eigenvalue weighted by Crippen LogP contribution is 2.33. The van der Waals surface area contributed by atoms with Crippen molar-refractivity contribution in [2.24, 2.45) is 11.8 Å². The van der Waals surface area contributed by atoms with Gasteiger partial charge < -0.3 is 15.5 Å². The van der Waals surface area contributed by atoms with Gasteiger partial charge in [0.05, 0.1) is 6.04 Å². The standard InChI is InChI=1S/C21H31N3O2/c1-15-7-5-10-17-9-3-4-11-18(17)19(15)23-20(25)21(26)24-12-6-8-16(14-24)13-22-2/h3-4,9,11,15-16,19,22H,5-8,10,12-14H2,1-2H3,(H,23,25). The summed E-state index contributed by atoms with van der Waals surface area (Å²) in [5.41, 5.74) is 2.46. The smallest absolute Gasteiger partial charge is 0.311 e. The number of benzene rings is 1. The van der Waals surface area contributed by atoms with E-state index in [4.69, 9.17) is 0 Å². The Kier molecular flexibility index (Phi) is 6.30. The maximum atomic E-state index is 12.7. The van der Waals surface area contributed by atoms with E-state index in [1.165, 1.54) is 11.1 Å². The minimum absolute atomic E-state index is 0.0805. The fourth-order valence-electron chi connectivity index (χ4n) is 4.42. The van der Waals surface area contributed by atoms with Crippen molar-refractivity contribution in [3.8, 4) is 0 Å². The summed E-state index contributed by atoms with van der Waals surface area (Å²) in [4.78, 5) is 27.2. The molecule has 0 saturated carbocycles. The largest absolute Gasteiger partial charge is 0.341 e. The lowest BCUT2D eigenvalue weighted by Gasteiger charge is -2.33. The Labute approximate surface area is 156 Å². The van der Waals surface area contributed by atoms with Crippen LogP contribution in [-0.2, 0) is 16.0 Å². The Morgan fingerprint density at radius 2 is 2.00 bits per heavy atom. The van der Waals surface area contributed by atoms with Crippen molar-refractivity contribution in [2.75, 3.05) is 26.7 Å². The van der Waals surface area contributed by atoms with E-state index in [1.807, 2.05) is 13.1 Å². The molecule has 1 aromatic rings. The molecule has 0 radical (unpaired) electrons. The van der Waals surface area contributed by atoms with Crippen LogP contribution in [0.3, 0.4) is 0 Å². The van der Waals surface area contributed by atoms with Gasteiger partial charge in [-0.05, 0) is 68.7 Å². The Hall–Kier alpha value is -1.88. The third kappa shape index (κ3) is 4.26. The molecule has 3 atom stereocenters. The molecule has 0 aromatic heterocycles. The van der Waals surface area contributed by atoms with Crippen LogP contribution >= 0.6 is 0 Å². The van der Waals surface area contributed by atoms with Crippen LogP contribution in [0.25, 0.3) is 0 Å². The molecule has 26 heavy (non-hydrogen) atoms. The van der Waals surface area contributed by atoms with Crippen molar-refractivity contribution in [3.05, 3.63) is 35.4 Å². The molecule has 1 heterocycles. The van der Waals surface area contributed by atoms with Crippen molar-refractivity contribution in [1.82, 2.24) is 15.5 Å². The van der Waals surface area contributed by atoms with E-state index in [0.717, 1.165) is 38.6 Å². The van der Waals surface area contributed by atoms with Crippen molar-refractivity contribution in [2.45, 2.75) is 45.1 Å². The summed E-state index contributed by atoms with van der Waals surface area (Å²) in [6, 6.07) is 8.22. The molecule has 1 aliphatic carbocycles. The molecule has 5 heteroatoms. The number of nitrogens with zero attached hydrogens (tertiary/aromatic N) is 1. The Morgan fingerprint density at radius 3 is 2.81 bits per heavy atom. The summed E-state index contributed by atoms with van der Waals surface area (Å²) < 4.78 is 0. The quantitative estimate of drug-likeness (QED) is 0.644. The highest BCUT2D eigenvalue weighted by atomic mass is 16.2. The first-order chi connectivity index (χ1) is 12.6. The highest BCUT2D eigenvalue weighted by Gasteiger charge is 2.31. The van der Waals surface area contributed by atoms with Crippen LogP contribution in [0, 0.1) is 11.8 Å². The third-order valence-corrected chi connectivity index (χ3v) is 5.84. The molecule has 5 nitrogen and oxygen atoms in total. The van der Waals surface area contributed by atoms with Crippen LogP contribution in [0.5, 0.6) is 0 Å². The summed E-state index contributed by atoms with van der Waals surface area (Å²) >= 11 is 0. The Bertz CT molecular complexity index is 644. The van der Waals surface area contributed by atoms with Gasteiger partial charge in [-0.2, -0.15) is 0 Å². The van der Waals surface area contributed by atoms with E-state index < -0.39 is 5.91 Å². The monoisotopic (exact) mass is 357 g/mol. The van der Waals surface area contributed by atoms with Gasteiger partial charge in [-0.15, -0.1) is 0 Å². The van der Waals surface area contributed by atoms with E-state index in [9.17, 15) is 9.59 Å². The number of hydrogen-bond donors (Lipinski definition) is 2. The highest BCUT2D eigenvalue weighted by molar-refractivity contribution is 6.35. The van der Waals surface area contributed by atoms with Crippen LogP contribution in [0.1, 0.15) is 49.8 Å². The molecule has 1 saturated heterocycles. The van der Waals surface area contributed by atoms with Crippen LogP contribution in [0.4, 0.5) is 0 Å². The molecule has 142 valence electrons. The molecule has 1 fully saturated rings. The summed E-state index contributed by atoms with van der Waals surface area (Å²) in [5, 5.41) is 6.24. The number of nitrogens with one attached hydrogen (secondary N) is 2. The van der Waals surface area contributed by atoms with Gasteiger partial charge in [0.15, 0.2) is 0 Å². The van der Waals surface area contributed by atoms with Gasteiger partial charge in [-0.3, -0.25) is 9.59 Å². The van der Waals surface area contributed by atoms with Crippen LogP contribution < -0.4 is 10.6 Å². The molecular formula is C21H31N3O2. The number of carbonyl (C=O) groups is 2. The number of piperidine rings is 1. The molecule has 0 bridgehead atoms. The number of likely N-dealkylation sites (tertiary alicyclic amines) is 1. The van der Waals surface area contributed by atoms with E-state index in [1.54, 1.807) is 4.90 Å². The van der Waals surface area contributed by atoms with Crippen molar-refractivity contribution >= 4 is 11.8 Å². The zero-order valence-electron chi connectivity index (χ0n) is 16.0. The van der Waals surface area contributed by atoms with Crippen molar-refractivity contribution in [1.29, 1.82) is 0 Å². The zero-order chi connectivity index (χ0) is 18.5. The Morgan fingerprint density at radius 1 is 1.19 bits per heavy atom. The normalized spacial score (nSPS) is 25.9. The van der Waals surface area contributed by atoms with E-state index in [0.29, 0.717) is 24.9 Å². The third-order valence-electron chi connectivity index (χ3n) is 5.84. The van der Waals surface area contributed by atoms with E-state index >= 15 is 0 Å². The van der Waals surface area contributed by atoms with Gasteiger partial charge in [0.25, 0.3) is 0 Å². The lowest BCUT2D eigenvalue weighted by Crippen LogP contribution is -2.49. The molecule has 2 amide bonds. The van der Waals surface area contributed by atoms with Gasteiger partial charge in [0.1, 0.15) is 0 Å². The summed E-state index contributed by atoms with van der Waals surface area (Å²) in [7, 11) is 1.93. The SMILES string of the molecule is CNCC1CCCN(C(=O)C(=O)NC2c3ccccc3CCCC2C)C1. The van der Waals surface area contributed by atoms with Gasteiger partial charge in [0, 0.05) is 13.1 Å². The summed E-state index contributed by atoms with van der Waals surface area (Å²) in [6.45, 7) is 4.41. The first kappa shape index (κ1) is 18.9. The molecule has 3 unspecified atom stereocenters. The van der Waals surface area contributed by atoms with Crippen molar-refractivity contribution < 1.29 is 9.59 Å². The molecule has 3 rings (SSSR count). The van der Waals surface area contributed by atoms with Crippen LogP contribution in [0.2, 0.25) is 0 Å². The lowest BCUT2D eigenvalue weighted by atomic mass is 9.92. The molecular weight excluding hydrogens is 326 g/mol. The summed E-state index contributed by atoms with van der Waals surface area (Å²) in [6.07, 6.45) is 5.30. The maximum absolute atomic E-state index is 12.7. The maximum Gasteiger partial charge on any atom is 0.311 e. The molecule has 2 aliphatic rings. The topological polar surface area (TPSA) is 61.4 Å². The average molecular weight is 357 g/mol. The average Bonchev–Trinajstić information content (AvgIpc) is 2.81. The number of rotatable bonds is 3. The first-order valence-corrected chi connectivity index (χ1v) is 9.92. The van der Waals surface area contributed by atoms with Gasteiger partial charge in [-0.1, -0.05) is 31.2 Å². The van der Waals surface area contributed by atoms with Crippen LogP contribution in [-0.4, -0.2) is 43.4 Å². The number of carbonyl (C=O) groups excluding carboxylic acids is 2. The predicted molar refractivity (Wildman–Crippen MR) is 103 cm³/mol. The fraction of sp³-hybridized carbons (Fsp3) is 0.619. The minimum Gasteiger partial charge on any atom is -0.341 e. The van der Waals surface area contributed by atoms with Crippen molar-refractivity contribution in [3.63, 3.8) is 0 Å². The first-order valence-electron chi connectivity index (χ1n) is 9.92.